The van der Waals surface area contributed by atoms with Gasteiger partial charge in [-0.15, -0.1) is 0 Å². The predicted molar refractivity (Wildman–Crippen MR) is 244 cm³/mol. The molecule has 0 aliphatic heterocycles. The number of phosphoric acid groups is 1. The van der Waals surface area contributed by atoms with E-state index in [9.17, 15) is 23.8 Å². The van der Waals surface area contributed by atoms with Crippen molar-refractivity contribution < 1.29 is 47.5 Å². The normalized spacial score (nSPS) is 14.6. The van der Waals surface area contributed by atoms with Crippen LogP contribution in [0.5, 0.6) is 0 Å². The molecule has 11 nitrogen and oxygen atoms in total. The van der Waals surface area contributed by atoms with Crippen LogP contribution in [0.15, 0.2) is 97.2 Å². The van der Waals surface area contributed by atoms with Gasteiger partial charge in [-0.1, -0.05) is 150 Å². The molecule has 0 aromatic rings. The van der Waals surface area contributed by atoms with Crippen LogP contribution < -0.4 is 5.73 Å². The van der Waals surface area contributed by atoms with Gasteiger partial charge in [-0.25, -0.2) is 4.57 Å². The van der Waals surface area contributed by atoms with Gasteiger partial charge in [0.1, 0.15) is 12.6 Å². The number of allylic oxidation sites excluding steroid dienone is 16. The molecule has 0 aromatic heterocycles. The third-order valence-electron chi connectivity index (χ3n) is 8.82. The van der Waals surface area contributed by atoms with E-state index in [1.54, 1.807) is 0 Å². The standard InChI is InChI=1S/C48H78NO10P/c1-3-5-7-9-11-13-15-17-19-21-22-24-25-27-29-31-33-35-37-39-46(50)56-41-44(42-57-60(54,55)58-43-45(49)48(52)53)59-47(51)40-38-36-34-32-30-28-26-23-20-18-16-14-12-10-8-6-4-2/h6,8,11-14,17-20,22,24,26,28,32,34,44-45H,3-5,7,9-10,15-16,21,23,25,27,29-31,33,35-43,49H2,1-2H3,(H,52,53)(H,54,55)/b8-6-,13-11-,14-12-,19-17-,20-18-,24-22-,28-26-,34-32-. The second-order valence-corrected chi connectivity index (χ2v) is 15.9. The van der Waals surface area contributed by atoms with Gasteiger partial charge in [0.15, 0.2) is 6.10 Å². The van der Waals surface area contributed by atoms with E-state index in [2.05, 4.69) is 103 Å². The first-order chi connectivity index (χ1) is 29.1. The highest BCUT2D eigenvalue weighted by molar-refractivity contribution is 7.47. The van der Waals surface area contributed by atoms with Gasteiger partial charge in [0.05, 0.1) is 13.2 Å². The fourth-order valence-corrected chi connectivity index (χ4v) is 6.12. The molecule has 0 fully saturated rings. The maximum Gasteiger partial charge on any atom is 0.472 e. The van der Waals surface area contributed by atoms with E-state index in [0.717, 1.165) is 83.5 Å². The van der Waals surface area contributed by atoms with Crippen molar-refractivity contribution in [2.24, 2.45) is 5.73 Å². The van der Waals surface area contributed by atoms with Gasteiger partial charge in [-0.05, 0) is 89.9 Å². The topological polar surface area (TPSA) is 172 Å². The zero-order chi connectivity index (χ0) is 44.2. The highest BCUT2D eigenvalue weighted by Gasteiger charge is 2.28. The minimum Gasteiger partial charge on any atom is -0.480 e. The number of hydrogen-bond donors (Lipinski definition) is 3. The quantitative estimate of drug-likeness (QED) is 0.0232. The predicted octanol–water partition coefficient (Wildman–Crippen LogP) is 12.1. The van der Waals surface area contributed by atoms with E-state index in [4.69, 9.17) is 24.8 Å². The Kier molecular flexibility index (Phi) is 39.6. The lowest BCUT2D eigenvalue weighted by atomic mass is 10.1. The summed E-state index contributed by atoms with van der Waals surface area (Å²) in [7, 11) is -4.74. The molecule has 0 aromatic carbocycles. The number of phosphoric ester groups is 1. The summed E-state index contributed by atoms with van der Waals surface area (Å²) in [6.07, 6.45) is 53.3. The Balaban J connectivity index is 4.48. The fourth-order valence-electron chi connectivity index (χ4n) is 5.34. The van der Waals surface area contributed by atoms with E-state index in [-0.39, 0.29) is 19.4 Å². The molecule has 0 saturated heterocycles. The molecule has 0 aliphatic rings. The van der Waals surface area contributed by atoms with E-state index >= 15 is 0 Å². The van der Waals surface area contributed by atoms with Crippen LogP contribution in [-0.4, -0.2) is 59.9 Å². The number of hydrogen-bond acceptors (Lipinski definition) is 9. The summed E-state index contributed by atoms with van der Waals surface area (Å²) in [5.74, 6) is -2.48. The first-order valence-electron chi connectivity index (χ1n) is 22.3. The molecule has 0 bridgehead atoms. The van der Waals surface area contributed by atoms with E-state index in [0.29, 0.717) is 19.3 Å². The number of carbonyl (C=O) groups is 3. The highest BCUT2D eigenvalue weighted by Crippen LogP contribution is 2.43. The molecular weight excluding hydrogens is 781 g/mol. The summed E-state index contributed by atoms with van der Waals surface area (Å²) in [6.45, 7) is 2.57. The van der Waals surface area contributed by atoms with Gasteiger partial charge in [-0.3, -0.25) is 23.4 Å². The lowest BCUT2D eigenvalue weighted by Crippen LogP contribution is -2.34. The molecule has 0 amide bonds. The molecule has 0 heterocycles. The second-order valence-electron chi connectivity index (χ2n) is 14.4. The Morgan fingerprint density at radius 3 is 1.45 bits per heavy atom. The third-order valence-corrected chi connectivity index (χ3v) is 9.77. The van der Waals surface area contributed by atoms with Crippen molar-refractivity contribution in [3.63, 3.8) is 0 Å². The van der Waals surface area contributed by atoms with Crippen LogP contribution in [0.1, 0.15) is 155 Å². The Bertz CT molecular complexity index is 1380. The summed E-state index contributed by atoms with van der Waals surface area (Å²) in [6, 6.07) is -1.54. The minimum atomic E-state index is -4.74. The molecule has 3 unspecified atom stereocenters. The van der Waals surface area contributed by atoms with Crippen molar-refractivity contribution in [2.45, 2.75) is 167 Å². The van der Waals surface area contributed by atoms with Gasteiger partial charge in [0.25, 0.3) is 0 Å². The maximum absolute atomic E-state index is 12.6. The Morgan fingerprint density at radius 2 is 0.950 bits per heavy atom. The van der Waals surface area contributed by atoms with Crippen LogP contribution in [0.25, 0.3) is 0 Å². The SMILES string of the molecule is CC/C=C\C/C=C\C/C=C\C/C=C\C/C=C\CCCC(=O)OC(COC(=O)CCCCCCCC/C=C\C/C=C\C/C=C\CCCCC)COP(=O)(O)OCC(N)C(=O)O. The first kappa shape index (κ1) is 56.4. The van der Waals surface area contributed by atoms with Gasteiger partial charge >= 0.3 is 25.7 Å². The first-order valence-corrected chi connectivity index (χ1v) is 23.8. The number of esters is 2. The molecule has 60 heavy (non-hydrogen) atoms. The van der Waals surface area contributed by atoms with Crippen molar-refractivity contribution in [3.05, 3.63) is 97.2 Å². The number of aliphatic carboxylic acids is 1. The van der Waals surface area contributed by atoms with Gasteiger partial charge in [-0.2, -0.15) is 0 Å². The van der Waals surface area contributed by atoms with Crippen LogP contribution in [0, 0.1) is 0 Å². The molecule has 3 atom stereocenters. The molecule has 4 N–H and O–H groups in total. The Morgan fingerprint density at radius 1 is 0.533 bits per heavy atom. The zero-order valence-corrected chi connectivity index (χ0v) is 37.6. The van der Waals surface area contributed by atoms with Crippen LogP contribution in [0.4, 0.5) is 0 Å². The summed E-state index contributed by atoms with van der Waals surface area (Å²) in [5.41, 5.74) is 5.33. The van der Waals surface area contributed by atoms with Crippen molar-refractivity contribution in [1.29, 1.82) is 0 Å². The minimum absolute atomic E-state index is 0.0739. The molecule has 0 spiro atoms. The van der Waals surface area contributed by atoms with Crippen molar-refractivity contribution in [2.75, 3.05) is 19.8 Å². The van der Waals surface area contributed by atoms with Crippen LogP contribution >= 0.6 is 7.82 Å². The number of unbranched alkanes of at least 4 members (excludes halogenated alkanes) is 10. The molecule has 0 rings (SSSR count). The second kappa shape index (κ2) is 42.1. The van der Waals surface area contributed by atoms with Crippen molar-refractivity contribution in [3.8, 4) is 0 Å². The number of ether oxygens (including phenoxy) is 2. The average Bonchev–Trinajstić information content (AvgIpc) is 3.22. The highest BCUT2D eigenvalue weighted by atomic mass is 31.2. The molecule has 340 valence electrons. The summed E-state index contributed by atoms with van der Waals surface area (Å²) < 4.78 is 32.6. The average molecular weight is 860 g/mol. The number of rotatable bonds is 40. The van der Waals surface area contributed by atoms with E-state index in [1.165, 1.54) is 25.7 Å². The fraction of sp³-hybridized carbons (Fsp3) is 0.604. The monoisotopic (exact) mass is 860 g/mol. The lowest BCUT2D eigenvalue weighted by Gasteiger charge is -2.20. The van der Waals surface area contributed by atoms with Crippen molar-refractivity contribution in [1.82, 2.24) is 0 Å². The largest absolute Gasteiger partial charge is 0.480 e. The third kappa shape index (κ3) is 41.1. The van der Waals surface area contributed by atoms with E-state index < -0.39 is 51.1 Å². The van der Waals surface area contributed by atoms with Crippen LogP contribution in [0.2, 0.25) is 0 Å². The Hall–Kier alpha value is -3.60. The number of carboxylic acid groups (broad SMARTS) is 1. The maximum atomic E-state index is 12.6. The number of nitrogens with two attached hydrogens (primary N) is 1. The van der Waals surface area contributed by atoms with Crippen molar-refractivity contribution >= 4 is 25.7 Å². The summed E-state index contributed by atoms with van der Waals surface area (Å²) >= 11 is 0. The van der Waals surface area contributed by atoms with Crippen LogP contribution in [0.3, 0.4) is 0 Å². The summed E-state index contributed by atoms with van der Waals surface area (Å²) in [5, 5.41) is 8.89. The molecule has 0 saturated carbocycles. The summed E-state index contributed by atoms with van der Waals surface area (Å²) in [4.78, 5) is 46.0. The smallest absolute Gasteiger partial charge is 0.472 e. The van der Waals surface area contributed by atoms with Gasteiger partial charge < -0.3 is 25.2 Å². The zero-order valence-electron chi connectivity index (χ0n) is 36.8. The number of carbonyl (C=O) groups excluding carboxylic acids is 2. The molecule has 0 radical (unpaired) electrons. The molecule has 0 aliphatic carbocycles. The van der Waals surface area contributed by atoms with Crippen LogP contribution in [-0.2, 0) is 37.5 Å². The lowest BCUT2D eigenvalue weighted by molar-refractivity contribution is -0.161. The van der Waals surface area contributed by atoms with E-state index in [1.807, 2.05) is 12.2 Å². The molecule has 12 heteroatoms. The Labute approximate surface area is 362 Å². The van der Waals surface area contributed by atoms with Gasteiger partial charge in [0.2, 0.25) is 0 Å². The molecular formula is C48H78NO10P. The number of carboxylic acids is 1. The van der Waals surface area contributed by atoms with Gasteiger partial charge in [0, 0.05) is 12.8 Å².